The Labute approximate surface area is 151 Å². The second kappa shape index (κ2) is 11.9. The van der Waals surface area contributed by atoms with Crippen molar-refractivity contribution in [3.63, 3.8) is 0 Å². The van der Waals surface area contributed by atoms with Gasteiger partial charge in [0.2, 0.25) is 0 Å². The minimum absolute atomic E-state index is 0.348. The molecule has 0 spiro atoms. The number of likely N-dealkylation sites (tertiary alicyclic amines) is 1. The van der Waals surface area contributed by atoms with E-state index in [1.807, 2.05) is 0 Å². The maximum absolute atomic E-state index is 9.03. The Morgan fingerprint density at radius 1 is 0.792 bits per heavy atom. The average Bonchev–Trinajstić information content (AvgIpc) is 2.64. The third-order valence-electron chi connectivity index (χ3n) is 6.51. The van der Waals surface area contributed by atoms with Crippen molar-refractivity contribution in [3.05, 3.63) is 0 Å². The topological polar surface area (TPSA) is 27.0 Å². The Hall–Kier alpha value is -0.550. The number of hydrogen-bond acceptors (Lipinski definition) is 2. The van der Waals surface area contributed by atoms with Gasteiger partial charge in [0.15, 0.2) is 0 Å². The Morgan fingerprint density at radius 3 is 1.96 bits per heavy atom. The summed E-state index contributed by atoms with van der Waals surface area (Å²) in [6, 6.07) is 3.25. The predicted molar refractivity (Wildman–Crippen MR) is 103 cm³/mol. The summed E-state index contributed by atoms with van der Waals surface area (Å²) >= 11 is 0. The van der Waals surface area contributed by atoms with Crippen LogP contribution in [0.15, 0.2) is 0 Å². The van der Waals surface area contributed by atoms with Crippen molar-refractivity contribution in [3.8, 4) is 6.07 Å². The van der Waals surface area contributed by atoms with Crippen LogP contribution in [0.5, 0.6) is 0 Å². The van der Waals surface area contributed by atoms with Crippen LogP contribution in [0.1, 0.15) is 103 Å². The molecule has 1 saturated heterocycles. The predicted octanol–water partition coefficient (Wildman–Crippen LogP) is 6.31. The molecule has 1 heterocycles. The highest BCUT2D eigenvalue weighted by Crippen LogP contribution is 2.31. The average molecular weight is 333 g/mol. The van der Waals surface area contributed by atoms with Crippen LogP contribution in [-0.4, -0.2) is 24.0 Å². The van der Waals surface area contributed by atoms with Crippen molar-refractivity contribution in [2.75, 3.05) is 13.1 Å². The monoisotopic (exact) mass is 332 g/mol. The SMILES string of the molecule is CCCCCCCCCCC1CCN(C2CCC(C#N)CC2)CC1. The van der Waals surface area contributed by atoms with Crippen molar-refractivity contribution in [1.82, 2.24) is 4.90 Å². The second-order valence-electron chi connectivity index (χ2n) is 8.38. The van der Waals surface area contributed by atoms with E-state index in [9.17, 15) is 0 Å². The second-order valence-corrected chi connectivity index (χ2v) is 8.38. The fraction of sp³-hybridized carbons (Fsp3) is 0.955. The third-order valence-corrected chi connectivity index (χ3v) is 6.51. The summed E-state index contributed by atoms with van der Waals surface area (Å²) in [5, 5.41) is 9.03. The molecule has 1 aliphatic carbocycles. The quantitative estimate of drug-likeness (QED) is 0.438. The number of hydrogen-bond donors (Lipinski definition) is 0. The Balaban J connectivity index is 1.47. The zero-order valence-electron chi connectivity index (χ0n) is 16.1. The van der Waals surface area contributed by atoms with Crippen LogP contribution >= 0.6 is 0 Å². The van der Waals surface area contributed by atoms with Crippen molar-refractivity contribution in [2.45, 2.75) is 109 Å². The zero-order valence-corrected chi connectivity index (χ0v) is 16.1. The highest BCUT2D eigenvalue weighted by molar-refractivity contribution is 4.90. The van der Waals surface area contributed by atoms with Gasteiger partial charge in [-0.3, -0.25) is 0 Å². The van der Waals surface area contributed by atoms with E-state index in [0.29, 0.717) is 5.92 Å². The number of rotatable bonds is 10. The number of unbranched alkanes of at least 4 members (excludes halogenated alkanes) is 7. The summed E-state index contributed by atoms with van der Waals surface area (Å²) in [5.41, 5.74) is 0. The van der Waals surface area contributed by atoms with E-state index in [4.69, 9.17) is 5.26 Å². The highest BCUT2D eigenvalue weighted by atomic mass is 15.2. The molecule has 0 N–H and O–H groups in total. The Morgan fingerprint density at radius 2 is 1.38 bits per heavy atom. The molecule has 1 aliphatic heterocycles. The van der Waals surface area contributed by atoms with Crippen LogP contribution in [0, 0.1) is 23.2 Å². The van der Waals surface area contributed by atoms with Gasteiger partial charge in [-0.05, 0) is 57.5 Å². The molecule has 0 aromatic carbocycles. The Bertz CT molecular complexity index is 343. The highest BCUT2D eigenvalue weighted by Gasteiger charge is 2.28. The lowest BCUT2D eigenvalue weighted by atomic mass is 9.84. The standard InChI is InChI=1S/C22H40N2/c1-2-3-4-5-6-7-8-9-10-20-15-17-24(18-16-20)22-13-11-21(19-23)12-14-22/h20-22H,2-18H2,1H3. The molecule has 2 aliphatic rings. The minimum Gasteiger partial charge on any atom is -0.300 e. The lowest BCUT2D eigenvalue weighted by Crippen LogP contribution is -2.43. The summed E-state index contributed by atoms with van der Waals surface area (Å²) in [6.45, 7) is 4.94. The molecule has 0 radical (unpaired) electrons. The summed E-state index contributed by atoms with van der Waals surface area (Å²) in [5.74, 6) is 1.34. The van der Waals surface area contributed by atoms with E-state index in [-0.39, 0.29) is 0 Å². The van der Waals surface area contributed by atoms with Crippen LogP contribution in [-0.2, 0) is 0 Å². The molecule has 2 rings (SSSR count). The molecule has 138 valence electrons. The fourth-order valence-corrected chi connectivity index (χ4v) is 4.74. The van der Waals surface area contributed by atoms with Crippen LogP contribution in [0.2, 0.25) is 0 Å². The zero-order chi connectivity index (χ0) is 17.0. The van der Waals surface area contributed by atoms with Crippen LogP contribution < -0.4 is 0 Å². The van der Waals surface area contributed by atoms with Gasteiger partial charge < -0.3 is 4.90 Å². The van der Waals surface area contributed by atoms with Gasteiger partial charge in [0.1, 0.15) is 0 Å². The van der Waals surface area contributed by atoms with E-state index >= 15 is 0 Å². The molecular formula is C22H40N2. The molecule has 0 unspecified atom stereocenters. The molecule has 1 saturated carbocycles. The largest absolute Gasteiger partial charge is 0.300 e. The molecule has 0 aromatic rings. The van der Waals surface area contributed by atoms with E-state index in [2.05, 4.69) is 17.9 Å². The van der Waals surface area contributed by atoms with Crippen LogP contribution in [0.4, 0.5) is 0 Å². The first-order valence-corrected chi connectivity index (χ1v) is 11.0. The van der Waals surface area contributed by atoms with Crippen molar-refractivity contribution < 1.29 is 0 Å². The normalized spacial score (nSPS) is 26.3. The summed E-state index contributed by atoms with van der Waals surface area (Å²) < 4.78 is 0. The van der Waals surface area contributed by atoms with Crippen molar-refractivity contribution in [2.24, 2.45) is 11.8 Å². The van der Waals surface area contributed by atoms with E-state index in [1.165, 1.54) is 96.6 Å². The first-order chi connectivity index (χ1) is 11.8. The fourth-order valence-electron chi connectivity index (χ4n) is 4.74. The third kappa shape index (κ3) is 7.14. The van der Waals surface area contributed by atoms with Gasteiger partial charge in [-0.25, -0.2) is 0 Å². The van der Waals surface area contributed by atoms with Gasteiger partial charge in [0.05, 0.1) is 6.07 Å². The lowest BCUT2D eigenvalue weighted by Gasteiger charge is -2.40. The first-order valence-electron chi connectivity index (χ1n) is 11.0. The van der Waals surface area contributed by atoms with E-state index in [1.54, 1.807) is 0 Å². The van der Waals surface area contributed by atoms with E-state index < -0.39 is 0 Å². The van der Waals surface area contributed by atoms with Crippen molar-refractivity contribution in [1.29, 1.82) is 5.26 Å². The number of piperidine rings is 1. The molecule has 0 atom stereocenters. The maximum Gasteiger partial charge on any atom is 0.0655 e. The summed E-state index contributed by atoms with van der Waals surface area (Å²) in [4.78, 5) is 2.75. The minimum atomic E-state index is 0.348. The summed E-state index contributed by atoms with van der Waals surface area (Å²) in [6.07, 6.45) is 20.7. The van der Waals surface area contributed by atoms with Gasteiger partial charge in [-0.15, -0.1) is 0 Å². The molecular weight excluding hydrogens is 292 g/mol. The van der Waals surface area contributed by atoms with Gasteiger partial charge >= 0.3 is 0 Å². The molecule has 0 amide bonds. The van der Waals surface area contributed by atoms with Crippen LogP contribution in [0.25, 0.3) is 0 Å². The van der Waals surface area contributed by atoms with Gasteiger partial charge in [0, 0.05) is 12.0 Å². The lowest BCUT2D eigenvalue weighted by molar-refractivity contribution is 0.0975. The molecule has 2 fully saturated rings. The van der Waals surface area contributed by atoms with Gasteiger partial charge in [-0.1, -0.05) is 64.7 Å². The number of nitrogens with zero attached hydrogens (tertiary/aromatic N) is 2. The van der Waals surface area contributed by atoms with Crippen molar-refractivity contribution >= 4 is 0 Å². The molecule has 0 aromatic heterocycles. The molecule has 2 heteroatoms. The smallest absolute Gasteiger partial charge is 0.0655 e. The number of nitriles is 1. The van der Waals surface area contributed by atoms with Gasteiger partial charge in [0.25, 0.3) is 0 Å². The Kier molecular flexibility index (Phi) is 9.81. The van der Waals surface area contributed by atoms with E-state index in [0.717, 1.165) is 24.8 Å². The van der Waals surface area contributed by atoms with Crippen LogP contribution in [0.3, 0.4) is 0 Å². The summed E-state index contributed by atoms with van der Waals surface area (Å²) in [7, 11) is 0. The molecule has 24 heavy (non-hydrogen) atoms. The first kappa shape index (κ1) is 19.8. The van der Waals surface area contributed by atoms with Gasteiger partial charge in [-0.2, -0.15) is 5.26 Å². The molecule has 0 bridgehead atoms. The maximum atomic E-state index is 9.03. The molecule has 2 nitrogen and oxygen atoms in total.